The van der Waals surface area contributed by atoms with E-state index in [-0.39, 0.29) is 22.5 Å². The highest BCUT2D eigenvalue weighted by atomic mass is 32.1. The van der Waals surface area contributed by atoms with E-state index in [2.05, 4.69) is 10.6 Å². The fourth-order valence-corrected chi connectivity index (χ4v) is 3.48. The number of carboxylic acids is 1. The van der Waals surface area contributed by atoms with E-state index < -0.39 is 29.5 Å². The van der Waals surface area contributed by atoms with Gasteiger partial charge >= 0.3 is 12.1 Å². The van der Waals surface area contributed by atoms with Gasteiger partial charge in [-0.15, -0.1) is 11.3 Å². The molecule has 0 aliphatic rings. The number of thiophene rings is 1. The van der Waals surface area contributed by atoms with Crippen LogP contribution in [0.4, 0.5) is 23.9 Å². The fourth-order valence-electron chi connectivity index (χ4n) is 2.70. The topological polar surface area (TPSA) is 95.5 Å². The second-order valence-corrected chi connectivity index (χ2v) is 7.33. The molecule has 3 rings (SSSR count). The summed E-state index contributed by atoms with van der Waals surface area (Å²) in [7, 11) is 0. The van der Waals surface area contributed by atoms with Gasteiger partial charge in [0.15, 0.2) is 0 Å². The molecule has 0 unspecified atom stereocenters. The zero-order valence-electron chi connectivity index (χ0n) is 15.7. The van der Waals surface area contributed by atoms with Crippen molar-refractivity contribution < 1.29 is 32.7 Å². The molecule has 2 aromatic carbocycles. The first-order valence-electron chi connectivity index (χ1n) is 8.81. The number of aliphatic carboxylic acids is 1. The highest BCUT2D eigenvalue weighted by molar-refractivity contribution is 7.14. The smallest absolute Gasteiger partial charge is 0.416 e. The molecule has 3 N–H and O–H groups in total. The SMILES string of the molecule is O=C(O)Cc1cccc(NC(=O)c2ccsc2NC(=O)c2ccc(C(F)(F)F)cc2)c1. The summed E-state index contributed by atoms with van der Waals surface area (Å²) in [5.74, 6) is -2.19. The van der Waals surface area contributed by atoms with E-state index >= 15 is 0 Å². The number of anilines is 2. The normalized spacial score (nSPS) is 11.1. The highest BCUT2D eigenvalue weighted by Crippen LogP contribution is 2.30. The first kappa shape index (κ1) is 22.0. The van der Waals surface area contributed by atoms with E-state index in [4.69, 9.17) is 5.11 Å². The third-order valence-corrected chi connectivity index (χ3v) is 4.98. The minimum Gasteiger partial charge on any atom is -0.481 e. The van der Waals surface area contributed by atoms with Crippen LogP contribution in [0.1, 0.15) is 31.8 Å². The lowest BCUT2D eigenvalue weighted by Gasteiger charge is -2.10. The molecule has 6 nitrogen and oxygen atoms in total. The van der Waals surface area contributed by atoms with Gasteiger partial charge in [-0.2, -0.15) is 13.2 Å². The number of carbonyl (C=O) groups excluding carboxylic acids is 2. The van der Waals surface area contributed by atoms with Crippen molar-refractivity contribution in [3.05, 3.63) is 82.2 Å². The summed E-state index contributed by atoms with van der Waals surface area (Å²) in [6.45, 7) is 0. The van der Waals surface area contributed by atoms with Crippen LogP contribution in [0.2, 0.25) is 0 Å². The van der Waals surface area contributed by atoms with Gasteiger partial charge in [0.05, 0.1) is 17.5 Å². The van der Waals surface area contributed by atoms with Gasteiger partial charge in [-0.25, -0.2) is 0 Å². The van der Waals surface area contributed by atoms with Crippen LogP contribution in [0, 0.1) is 0 Å². The number of alkyl halides is 3. The van der Waals surface area contributed by atoms with Gasteiger partial charge in [-0.1, -0.05) is 12.1 Å². The molecule has 0 aliphatic heterocycles. The Labute approximate surface area is 178 Å². The maximum atomic E-state index is 12.7. The number of benzene rings is 2. The lowest BCUT2D eigenvalue weighted by atomic mass is 10.1. The van der Waals surface area contributed by atoms with E-state index in [0.29, 0.717) is 11.3 Å². The maximum Gasteiger partial charge on any atom is 0.416 e. The minimum atomic E-state index is -4.50. The first-order valence-corrected chi connectivity index (χ1v) is 9.69. The van der Waals surface area contributed by atoms with Crippen LogP contribution in [0.5, 0.6) is 0 Å². The molecule has 0 atom stereocenters. The van der Waals surface area contributed by atoms with E-state index in [0.717, 1.165) is 35.6 Å². The van der Waals surface area contributed by atoms with E-state index in [1.807, 2.05) is 0 Å². The second-order valence-electron chi connectivity index (χ2n) is 6.42. The Hall–Kier alpha value is -3.66. The molecule has 2 amide bonds. The van der Waals surface area contributed by atoms with E-state index in [9.17, 15) is 27.6 Å². The molecule has 0 saturated carbocycles. The van der Waals surface area contributed by atoms with Crippen molar-refractivity contribution in [2.24, 2.45) is 0 Å². The maximum absolute atomic E-state index is 12.7. The van der Waals surface area contributed by atoms with Gasteiger partial charge in [-0.3, -0.25) is 14.4 Å². The third kappa shape index (κ3) is 5.70. The second kappa shape index (κ2) is 9.00. The Bertz CT molecular complexity index is 1120. The van der Waals surface area contributed by atoms with Gasteiger partial charge in [-0.05, 0) is 53.4 Å². The number of halogens is 3. The van der Waals surface area contributed by atoms with Crippen molar-refractivity contribution in [3.8, 4) is 0 Å². The van der Waals surface area contributed by atoms with Gasteiger partial charge in [0.1, 0.15) is 5.00 Å². The monoisotopic (exact) mass is 448 g/mol. The standard InChI is InChI=1S/C21H15F3N2O4S/c22-21(23,24)14-6-4-13(5-7-14)18(29)26-20-16(8-9-31-20)19(30)25-15-3-1-2-12(10-15)11-17(27)28/h1-10H,11H2,(H,25,30)(H,26,29)(H,27,28). The van der Waals surface area contributed by atoms with Crippen LogP contribution in [-0.2, 0) is 17.4 Å². The fraction of sp³-hybridized carbons (Fsp3) is 0.0952. The lowest BCUT2D eigenvalue weighted by molar-refractivity contribution is -0.138. The molecule has 10 heteroatoms. The number of carboxylic acid groups (broad SMARTS) is 1. The Morgan fingerprint density at radius 3 is 2.29 bits per heavy atom. The molecule has 31 heavy (non-hydrogen) atoms. The van der Waals surface area contributed by atoms with E-state index in [1.54, 1.807) is 23.6 Å². The summed E-state index contributed by atoms with van der Waals surface area (Å²) < 4.78 is 38.0. The Kier molecular flexibility index (Phi) is 6.40. The number of amides is 2. The van der Waals surface area contributed by atoms with Crippen molar-refractivity contribution >= 4 is 39.8 Å². The molecule has 3 aromatic rings. The average molecular weight is 448 g/mol. The van der Waals surface area contributed by atoms with Crippen LogP contribution >= 0.6 is 11.3 Å². The molecule has 1 heterocycles. The molecular formula is C21H15F3N2O4S. The summed E-state index contributed by atoms with van der Waals surface area (Å²) in [6.07, 6.45) is -4.70. The van der Waals surface area contributed by atoms with Crippen LogP contribution < -0.4 is 10.6 Å². The summed E-state index contributed by atoms with van der Waals surface area (Å²) >= 11 is 1.08. The number of nitrogens with one attached hydrogen (secondary N) is 2. The molecule has 160 valence electrons. The first-order chi connectivity index (χ1) is 14.6. The highest BCUT2D eigenvalue weighted by Gasteiger charge is 2.30. The van der Waals surface area contributed by atoms with Crippen molar-refractivity contribution in [3.63, 3.8) is 0 Å². The van der Waals surface area contributed by atoms with Crippen molar-refractivity contribution in [1.82, 2.24) is 0 Å². The molecule has 0 bridgehead atoms. The van der Waals surface area contributed by atoms with Crippen molar-refractivity contribution in [2.75, 3.05) is 10.6 Å². The van der Waals surface area contributed by atoms with Gasteiger partial charge in [0.25, 0.3) is 11.8 Å². The van der Waals surface area contributed by atoms with Crippen LogP contribution in [0.25, 0.3) is 0 Å². The summed E-state index contributed by atoms with van der Waals surface area (Å²) in [5, 5.41) is 15.8. The van der Waals surface area contributed by atoms with Gasteiger partial charge in [0.2, 0.25) is 0 Å². The Morgan fingerprint density at radius 1 is 0.935 bits per heavy atom. The van der Waals surface area contributed by atoms with Crippen LogP contribution in [0.15, 0.2) is 60.0 Å². The van der Waals surface area contributed by atoms with Crippen LogP contribution in [-0.4, -0.2) is 22.9 Å². The molecule has 0 saturated heterocycles. The molecular weight excluding hydrogens is 433 g/mol. The Balaban J connectivity index is 1.71. The van der Waals surface area contributed by atoms with Gasteiger partial charge < -0.3 is 15.7 Å². The number of rotatable bonds is 6. The zero-order valence-corrected chi connectivity index (χ0v) is 16.5. The summed E-state index contributed by atoms with van der Waals surface area (Å²) in [5.41, 5.74) is 0.190. The zero-order chi connectivity index (χ0) is 22.6. The van der Waals surface area contributed by atoms with Crippen molar-refractivity contribution in [2.45, 2.75) is 12.6 Å². The summed E-state index contributed by atoms with van der Waals surface area (Å²) in [4.78, 5) is 35.8. The predicted molar refractivity (Wildman–Crippen MR) is 109 cm³/mol. The molecule has 0 aliphatic carbocycles. The van der Waals surface area contributed by atoms with Gasteiger partial charge in [0, 0.05) is 11.3 Å². The minimum absolute atomic E-state index is 0.00845. The molecule has 0 fully saturated rings. The summed E-state index contributed by atoms with van der Waals surface area (Å²) in [6, 6.07) is 11.6. The lowest BCUT2D eigenvalue weighted by Crippen LogP contribution is -2.17. The molecule has 0 spiro atoms. The quantitative estimate of drug-likeness (QED) is 0.500. The molecule has 0 radical (unpaired) electrons. The largest absolute Gasteiger partial charge is 0.481 e. The van der Waals surface area contributed by atoms with Crippen molar-refractivity contribution in [1.29, 1.82) is 0 Å². The van der Waals surface area contributed by atoms with E-state index in [1.165, 1.54) is 12.1 Å². The predicted octanol–water partition coefficient (Wildman–Crippen LogP) is 4.90. The number of carbonyl (C=O) groups is 3. The number of hydrogen-bond acceptors (Lipinski definition) is 4. The number of hydrogen-bond donors (Lipinski definition) is 3. The average Bonchev–Trinajstić information content (AvgIpc) is 3.15. The Morgan fingerprint density at radius 2 is 1.65 bits per heavy atom. The molecule has 1 aromatic heterocycles. The third-order valence-electron chi connectivity index (χ3n) is 4.15. The van der Waals surface area contributed by atoms with Crippen LogP contribution in [0.3, 0.4) is 0 Å².